The maximum Gasteiger partial charge on any atom is 0.321 e. The maximum atomic E-state index is 14.0. The van der Waals surface area contributed by atoms with Crippen molar-refractivity contribution in [1.29, 1.82) is 0 Å². The number of anilines is 1. The Morgan fingerprint density at radius 3 is 2.47 bits per heavy atom. The summed E-state index contributed by atoms with van der Waals surface area (Å²) in [5, 5.41) is 3.27. The molecule has 8 heteroatoms. The maximum absolute atomic E-state index is 14.0. The summed E-state index contributed by atoms with van der Waals surface area (Å²) >= 11 is 1.59. The number of carbonyl (C=O) groups excluding carboxylic acids is 1. The van der Waals surface area contributed by atoms with E-state index < -0.39 is 11.6 Å². The molecule has 5 nitrogen and oxygen atoms in total. The van der Waals surface area contributed by atoms with E-state index in [1.54, 1.807) is 16.7 Å². The monoisotopic (exact) mass is 489 g/mol. The molecule has 0 fully saturated rings. The minimum atomic E-state index is -0.771. The van der Waals surface area contributed by atoms with Crippen molar-refractivity contribution < 1.29 is 18.0 Å². The van der Waals surface area contributed by atoms with Crippen molar-refractivity contribution in [2.24, 2.45) is 0 Å². The van der Waals surface area contributed by atoms with Gasteiger partial charge in [-0.3, -0.25) is 0 Å². The van der Waals surface area contributed by atoms with E-state index >= 15 is 0 Å². The number of hydrogen-bond acceptors (Lipinski definition) is 4. The molecule has 1 aromatic heterocycles. The first-order valence-electron chi connectivity index (χ1n) is 12.1. The molecular formula is C26H33F2N3O2S. The third kappa shape index (κ3) is 8.31. The zero-order valence-electron chi connectivity index (χ0n) is 19.7. The van der Waals surface area contributed by atoms with E-state index in [-0.39, 0.29) is 11.7 Å². The van der Waals surface area contributed by atoms with Crippen LogP contribution in [0.2, 0.25) is 0 Å². The van der Waals surface area contributed by atoms with Gasteiger partial charge in [0.1, 0.15) is 17.2 Å². The Balaban J connectivity index is 1.43. The van der Waals surface area contributed by atoms with Gasteiger partial charge >= 0.3 is 6.03 Å². The number of carbonyl (C=O) groups is 1. The van der Waals surface area contributed by atoms with E-state index in [2.05, 4.69) is 17.2 Å². The molecular weight excluding hydrogens is 456 g/mol. The number of rotatable bonds is 14. The molecule has 0 radical (unpaired) electrons. The van der Waals surface area contributed by atoms with Crippen molar-refractivity contribution in [3.63, 3.8) is 0 Å². The van der Waals surface area contributed by atoms with Gasteiger partial charge in [-0.15, -0.1) is 0 Å². The average molecular weight is 490 g/mol. The van der Waals surface area contributed by atoms with Gasteiger partial charge in [-0.05, 0) is 43.5 Å². The summed E-state index contributed by atoms with van der Waals surface area (Å²) in [6.07, 6.45) is 8.24. The van der Waals surface area contributed by atoms with Crippen LogP contribution in [0.3, 0.4) is 0 Å². The highest BCUT2D eigenvalue weighted by Gasteiger charge is 2.15. The Bertz CT molecular complexity index is 1010. The first-order valence-corrected chi connectivity index (χ1v) is 13.0. The van der Waals surface area contributed by atoms with Crippen LogP contribution in [0.5, 0.6) is 0 Å². The summed E-state index contributed by atoms with van der Waals surface area (Å²) < 4.78 is 32.9. The third-order valence-electron chi connectivity index (χ3n) is 5.56. The Hall–Kier alpha value is -2.61. The Morgan fingerprint density at radius 2 is 1.74 bits per heavy atom. The quantitative estimate of drug-likeness (QED) is 0.185. The number of unbranched alkanes of at least 4 members (excludes halogenated alkanes) is 6. The van der Waals surface area contributed by atoms with Gasteiger partial charge in [0, 0.05) is 24.9 Å². The van der Waals surface area contributed by atoms with Crippen LogP contribution >= 0.6 is 11.8 Å². The summed E-state index contributed by atoms with van der Waals surface area (Å²) in [5.74, 6) is -0.553. The van der Waals surface area contributed by atoms with E-state index in [1.807, 2.05) is 24.3 Å². The van der Waals surface area contributed by atoms with Gasteiger partial charge in [0.15, 0.2) is 5.58 Å². The van der Waals surface area contributed by atoms with Crippen LogP contribution < -0.4 is 5.32 Å². The lowest BCUT2D eigenvalue weighted by atomic mass is 10.1. The highest BCUT2D eigenvalue weighted by Crippen LogP contribution is 2.24. The van der Waals surface area contributed by atoms with Crippen molar-refractivity contribution in [2.75, 3.05) is 24.2 Å². The molecule has 3 aromatic rings. The molecule has 0 spiro atoms. The molecule has 2 aromatic carbocycles. The second kappa shape index (κ2) is 13.9. The van der Waals surface area contributed by atoms with Crippen LogP contribution in [0.25, 0.3) is 11.1 Å². The van der Waals surface area contributed by atoms with E-state index in [0.29, 0.717) is 18.3 Å². The number of hydrogen-bond donors (Lipinski definition) is 1. The third-order valence-corrected chi connectivity index (χ3v) is 6.48. The zero-order chi connectivity index (χ0) is 24.2. The minimum Gasteiger partial charge on any atom is -0.431 e. The molecule has 0 aliphatic carbocycles. The Labute approximate surface area is 204 Å². The summed E-state index contributed by atoms with van der Waals surface area (Å²) in [6, 6.07) is 10.5. The van der Waals surface area contributed by atoms with Crippen LogP contribution in [-0.4, -0.2) is 34.8 Å². The number of oxazole rings is 1. The number of thioether (sulfide) groups is 1. The summed E-state index contributed by atoms with van der Waals surface area (Å²) in [7, 11) is 0. The minimum absolute atomic E-state index is 0.00267. The van der Waals surface area contributed by atoms with Gasteiger partial charge in [0.05, 0.1) is 5.69 Å². The second-order valence-electron chi connectivity index (χ2n) is 8.31. The van der Waals surface area contributed by atoms with Gasteiger partial charge in [0.2, 0.25) is 0 Å². The number of aromatic nitrogens is 1. The van der Waals surface area contributed by atoms with E-state index in [0.717, 1.165) is 73.9 Å². The fraction of sp³-hybridized carbons (Fsp3) is 0.462. The van der Waals surface area contributed by atoms with Crippen LogP contribution in [0.4, 0.5) is 19.3 Å². The standard InChI is InChI=1S/C26H33F2N3O2S/c1-2-3-4-5-9-16-31(25(32)29-22-15-14-20(27)19-21(22)28)17-10-6-11-18-34-26-30-23-12-7-8-13-24(23)33-26/h7-8,12-15,19H,2-6,9-11,16-18H2,1H3,(H,29,32). The smallest absolute Gasteiger partial charge is 0.321 e. The first-order chi connectivity index (χ1) is 16.6. The molecule has 0 atom stereocenters. The van der Waals surface area contributed by atoms with Crippen molar-refractivity contribution in [2.45, 2.75) is 63.5 Å². The van der Waals surface area contributed by atoms with Gasteiger partial charge < -0.3 is 14.6 Å². The molecule has 34 heavy (non-hydrogen) atoms. The molecule has 1 heterocycles. The number of fused-ring (bicyclic) bond motifs is 1. The lowest BCUT2D eigenvalue weighted by Crippen LogP contribution is -2.36. The number of halogens is 2. The second-order valence-corrected chi connectivity index (χ2v) is 9.36. The molecule has 0 aliphatic rings. The van der Waals surface area contributed by atoms with Gasteiger partial charge in [-0.2, -0.15) is 0 Å². The highest BCUT2D eigenvalue weighted by molar-refractivity contribution is 7.99. The molecule has 0 saturated carbocycles. The molecule has 0 aliphatic heterocycles. The zero-order valence-corrected chi connectivity index (χ0v) is 20.5. The Kier molecular flexibility index (Phi) is 10.7. The predicted octanol–water partition coefficient (Wildman–Crippen LogP) is 7.87. The van der Waals surface area contributed by atoms with E-state index in [9.17, 15) is 13.6 Å². The highest BCUT2D eigenvalue weighted by atomic mass is 32.2. The lowest BCUT2D eigenvalue weighted by molar-refractivity contribution is 0.209. The summed E-state index contributed by atoms with van der Waals surface area (Å²) in [5.41, 5.74) is 1.66. The van der Waals surface area contributed by atoms with Gasteiger partial charge in [0.25, 0.3) is 5.22 Å². The molecule has 0 saturated heterocycles. The van der Waals surface area contributed by atoms with Crippen molar-refractivity contribution in [3.8, 4) is 0 Å². The summed E-state index contributed by atoms with van der Waals surface area (Å²) in [6.45, 7) is 3.38. The fourth-order valence-corrected chi connectivity index (χ4v) is 4.49. The van der Waals surface area contributed by atoms with Crippen molar-refractivity contribution in [1.82, 2.24) is 9.88 Å². The lowest BCUT2D eigenvalue weighted by Gasteiger charge is -2.23. The molecule has 184 valence electrons. The first kappa shape index (κ1) is 26.0. The number of para-hydroxylation sites is 2. The number of nitrogens with zero attached hydrogens (tertiary/aromatic N) is 2. The molecule has 0 unspecified atom stereocenters. The molecule has 0 bridgehead atoms. The topological polar surface area (TPSA) is 58.4 Å². The Morgan fingerprint density at radius 1 is 1.00 bits per heavy atom. The molecule has 2 amide bonds. The molecule has 1 N–H and O–H groups in total. The van der Waals surface area contributed by atoms with Gasteiger partial charge in [-0.25, -0.2) is 18.6 Å². The fourth-order valence-electron chi connectivity index (χ4n) is 3.66. The SMILES string of the molecule is CCCCCCCN(CCCCCSc1nc2ccccc2o1)C(=O)Nc1ccc(F)cc1F. The number of benzene rings is 2. The molecule has 3 rings (SSSR count). The van der Waals surface area contributed by atoms with Crippen LogP contribution in [0, 0.1) is 11.6 Å². The van der Waals surface area contributed by atoms with Crippen molar-refractivity contribution in [3.05, 3.63) is 54.1 Å². The largest absolute Gasteiger partial charge is 0.431 e. The number of amides is 2. The van der Waals surface area contributed by atoms with E-state index in [4.69, 9.17) is 4.42 Å². The summed E-state index contributed by atoms with van der Waals surface area (Å²) in [4.78, 5) is 19.0. The number of urea groups is 1. The number of nitrogens with one attached hydrogen (secondary N) is 1. The normalized spacial score (nSPS) is 11.1. The van der Waals surface area contributed by atoms with E-state index in [1.165, 1.54) is 12.5 Å². The average Bonchev–Trinajstić information content (AvgIpc) is 3.24. The van der Waals surface area contributed by atoms with Gasteiger partial charge in [-0.1, -0.05) is 62.9 Å². The van der Waals surface area contributed by atoms with Crippen LogP contribution in [0.1, 0.15) is 58.3 Å². The van der Waals surface area contributed by atoms with Crippen molar-refractivity contribution >= 4 is 34.6 Å². The van der Waals surface area contributed by atoms with Crippen LogP contribution in [0.15, 0.2) is 52.1 Å². The van der Waals surface area contributed by atoms with Crippen LogP contribution in [-0.2, 0) is 0 Å². The predicted molar refractivity (Wildman–Crippen MR) is 134 cm³/mol.